The van der Waals surface area contributed by atoms with Gasteiger partial charge in [-0.3, -0.25) is 9.69 Å². The molecule has 33 heavy (non-hydrogen) atoms. The van der Waals surface area contributed by atoms with Crippen LogP contribution in [-0.2, 0) is 27.8 Å². The molecule has 1 fully saturated rings. The van der Waals surface area contributed by atoms with Gasteiger partial charge in [-0.25, -0.2) is 12.8 Å². The standard InChI is InChI=1S/C24H26FN3O3S2/c25-21-10-4-5-11-23(21)33(30,31)26-22(17-19-7-2-1-3-8-19)24(29)28-14-12-27(13-15-28)18-20-9-6-16-32-20/h1-11,16,22,26H,12-15,17-18H2. The first-order valence-corrected chi connectivity index (χ1v) is 13.1. The molecule has 0 saturated carbocycles. The maximum atomic E-state index is 14.2. The molecule has 0 bridgehead atoms. The quantitative estimate of drug-likeness (QED) is 0.530. The summed E-state index contributed by atoms with van der Waals surface area (Å²) in [6.07, 6.45) is 0.183. The van der Waals surface area contributed by atoms with Gasteiger partial charge in [-0.1, -0.05) is 48.5 Å². The Kier molecular flexibility index (Phi) is 7.54. The highest BCUT2D eigenvalue weighted by molar-refractivity contribution is 7.89. The van der Waals surface area contributed by atoms with E-state index in [0.29, 0.717) is 26.2 Å². The summed E-state index contributed by atoms with van der Waals surface area (Å²) in [4.78, 5) is 18.2. The number of nitrogens with one attached hydrogen (secondary N) is 1. The van der Waals surface area contributed by atoms with Crippen LogP contribution in [0.2, 0.25) is 0 Å². The first-order chi connectivity index (χ1) is 15.9. The zero-order valence-corrected chi connectivity index (χ0v) is 19.7. The second kappa shape index (κ2) is 10.6. The van der Waals surface area contributed by atoms with Gasteiger partial charge in [0.2, 0.25) is 15.9 Å². The number of sulfonamides is 1. The van der Waals surface area contributed by atoms with Crippen molar-refractivity contribution in [3.05, 3.63) is 88.4 Å². The second-order valence-corrected chi connectivity index (χ2v) is 10.7. The smallest absolute Gasteiger partial charge is 0.244 e. The highest BCUT2D eigenvalue weighted by Gasteiger charge is 2.32. The Hall–Kier alpha value is -2.59. The lowest BCUT2D eigenvalue weighted by Crippen LogP contribution is -2.55. The van der Waals surface area contributed by atoms with Crippen LogP contribution >= 0.6 is 11.3 Å². The number of hydrogen-bond acceptors (Lipinski definition) is 5. The Morgan fingerprint density at radius 2 is 1.67 bits per heavy atom. The Labute approximate surface area is 197 Å². The summed E-state index contributed by atoms with van der Waals surface area (Å²) in [5, 5.41) is 2.05. The van der Waals surface area contributed by atoms with Crippen molar-refractivity contribution < 1.29 is 17.6 Å². The van der Waals surface area contributed by atoms with Gasteiger partial charge in [0, 0.05) is 37.6 Å². The van der Waals surface area contributed by atoms with Crippen molar-refractivity contribution in [2.24, 2.45) is 0 Å². The fourth-order valence-electron chi connectivity index (χ4n) is 3.91. The molecule has 1 amide bonds. The SMILES string of the molecule is O=C(C(Cc1ccccc1)NS(=O)(=O)c1ccccc1F)N1CCN(Cc2cccs2)CC1. The Morgan fingerprint density at radius 1 is 0.970 bits per heavy atom. The van der Waals surface area contributed by atoms with Crippen LogP contribution in [0.25, 0.3) is 0 Å². The number of benzene rings is 2. The van der Waals surface area contributed by atoms with E-state index in [2.05, 4.69) is 15.7 Å². The highest BCUT2D eigenvalue weighted by Crippen LogP contribution is 2.18. The Bertz CT molecular complexity index is 1160. The molecule has 1 unspecified atom stereocenters. The lowest BCUT2D eigenvalue weighted by Gasteiger charge is -2.36. The zero-order valence-electron chi connectivity index (χ0n) is 18.1. The number of amides is 1. The van der Waals surface area contributed by atoms with Crippen molar-refractivity contribution >= 4 is 27.3 Å². The van der Waals surface area contributed by atoms with Gasteiger partial charge in [-0.05, 0) is 35.6 Å². The molecule has 6 nitrogen and oxygen atoms in total. The minimum atomic E-state index is -4.22. The van der Waals surface area contributed by atoms with E-state index in [4.69, 9.17) is 0 Å². The summed E-state index contributed by atoms with van der Waals surface area (Å²) in [7, 11) is -4.22. The highest BCUT2D eigenvalue weighted by atomic mass is 32.2. The number of piperazine rings is 1. The topological polar surface area (TPSA) is 69.7 Å². The molecule has 1 aliphatic heterocycles. The van der Waals surface area contributed by atoms with Gasteiger partial charge >= 0.3 is 0 Å². The van der Waals surface area contributed by atoms with E-state index in [1.54, 1.807) is 16.2 Å². The predicted octanol–water partition coefficient (Wildman–Crippen LogP) is 3.12. The van der Waals surface area contributed by atoms with E-state index >= 15 is 0 Å². The van der Waals surface area contributed by atoms with Crippen LogP contribution in [0.15, 0.2) is 77.0 Å². The van der Waals surface area contributed by atoms with Crippen LogP contribution in [0, 0.1) is 5.82 Å². The van der Waals surface area contributed by atoms with Gasteiger partial charge in [-0.15, -0.1) is 11.3 Å². The summed E-state index contributed by atoms with van der Waals surface area (Å²) in [6, 6.07) is 17.5. The van der Waals surface area contributed by atoms with E-state index in [1.165, 1.54) is 23.1 Å². The number of halogens is 1. The first-order valence-electron chi connectivity index (χ1n) is 10.8. The number of hydrogen-bond donors (Lipinski definition) is 1. The van der Waals surface area contributed by atoms with E-state index in [-0.39, 0.29) is 12.3 Å². The number of rotatable bonds is 8. The second-order valence-electron chi connectivity index (χ2n) is 7.97. The fourth-order valence-corrected chi connectivity index (χ4v) is 5.93. The summed E-state index contributed by atoms with van der Waals surface area (Å²) in [6.45, 7) is 3.28. The van der Waals surface area contributed by atoms with Crippen LogP contribution in [0.3, 0.4) is 0 Å². The maximum Gasteiger partial charge on any atom is 0.244 e. The van der Waals surface area contributed by atoms with E-state index in [1.807, 2.05) is 41.8 Å². The molecule has 3 aromatic rings. The minimum absolute atomic E-state index is 0.183. The minimum Gasteiger partial charge on any atom is -0.339 e. The third kappa shape index (κ3) is 6.05. The molecule has 0 radical (unpaired) electrons. The molecule has 0 aliphatic carbocycles. The van der Waals surface area contributed by atoms with E-state index in [9.17, 15) is 17.6 Å². The number of carbonyl (C=O) groups excluding carboxylic acids is 1. The van der Waals surface area contributed by atoms with Crippen molar-refractivity contribution in [2.75, 3.05) is 26.2 Å². The van der Waals surface area contributed by atoms with Gasteiger partial charge in [0.25, 0.3) is 0 Å². The molecule has 1 N–H and O–H groups in total. The summed E-state index contributed by atoms with van der Waals surface area (Å²) >= 11 is 1.71. The van der Waals surface area contributed by atoms with Crippen LogP contribution < -0.4 is 4.72 Å². The molecule has 174 valence electrons. The number of thiophene rings is 1. The Morgan fingerprint density at radius 3 is 2.33 bits per heavy atom. The Balaban J connectivity index is 1.48. The molecule has 0 spiro atoms. The molecule has 4 rings (SSSR count). The average Bonchev–Trinajstić information content (AvgIpc) is 3.32. The maximum absolute atomic E-state index is 14.2. The van der Waals surface area contributed by atoms with Gasteiger partial charge in [0.1, 0.15) is 16.8 Å². The fraction of sp³-hybridized carbons (Fsp3) is 0.292. The number of carbonyl (C=O) groups is 1. The number of nitrogens with zero attached hydrogens (tertiary/aromatic N) is 2. The van der Waals surface area contributed by atoms with Crippen molar-refractivity contribution in [1.82, 2.24) is 14.5 Å². The average molecular weight is 488 g/mol. The molecule has 1 aromatic heterocycles. The first kappa shape index (κ1) is 23.6. The van der Waals surface area contributed by atoms with Crippen LogP contribution in [0.5, 0.6) is 0 Å². The van der Waals surface area contributed by atoms with Gasteiger partial charge in [0.15, 0.2) is 0 Å². The van der Waals surface area contributed by atoms with E-state index in [0.717, 1.165) is 18.2 Å². The lowest BCUT2D eigenvalue weighted by molar-refractivity contribution is -0.134. The summed E-state index contributed by atoms with van der Waals surface area (Å²) in [5.41, 5.74) is 0.823. The van der Waals surface area contributed by atoms with Crippen molar-refractivity contribution in [1.29, 1.82) is 0 Å². The zero-order chi connectivity index (χ0) is 23.3. The van der Waals surface area contributed by atoms with Crippen LogP contribution in [0.4, 0.5) is 4.39 Å². The molecule has 1 saturated heterocycles. The van der Waals surface area contributed by atoms with Crippen LogP contribution in [-0.4, -0.2) is 56.3 Å². The molecular formula is C24H26FN3O3S2. The van der Waals surface area contributed by atoms with Crippen LogP contribution in [0.1, 0.15) is 10.4 Å². The third-order valence-electron chi connectivity index (χ3n) is 5.65. The molecule has 9 heteroatoms. The van der Waals surface area contributed by atoms with E-state index < -0.39 is 26.8 Å². The molecule has 1 atom stereocenters. The molecule has 1 aliphatic rings. The summed E-state index contributed by atoms with van der Waals surface area (Å²) < 4.78 is 42.6. The molecule has 2 aromatic carbocycles. The van der Waals surface area contributed by atoms with Crippen molar-refractivity contribution in [3.63, 3.8) is 0 Å². The lowest BCUT2D eigenvalue weighted by atomic mass is 10.1. The summed E-state index contributed by atoms with van der Waals surface area (Å²) in [5.74, 6) is -1.15. The van der Waals surface area contributed by atoms with Gasteiger partial charge in [-0.2, -0.15) is 4.72 Å². The van der Waals surface area contributed by atoms with Gasteiger partial charge < -0.3 is 4.90 Å². The molecule has 2 heterocycles. The largest absolute Gasteiger partial charge is 0.339 e. The monoisotopic (exact) mass is 487 g/mol. The van der Waals surface area contributed by atoms with Crippen molar-refractivity contribution in [3.8, 4) is 0 Å². The third-order valence-corrected chi connectivity index (χ3v) is 8.01. The van der Waals surface area contributed by atoms with Gasteiger partial charge in [0.05, 0.1) is 0 Å². The predicted molar refractivity (Wildman–Crippen MR) is 127 cm³/mol. The molecular weight excluding hydrogens is 461 g/mol. The normalized spacial score (nSPS) is 16.0. The van der Waals surface area contributed by atoms with Crippen molar-refractivity contribution in [2.45, 2.75) is 23.9 Å².